The lowest BCUT2D eigenvalue weighted by Crippen LogP contribution is -2.21. The van der Waals surface area contributed by atoms with Gasteiger partial charge in [0.25, 0.3) is 0 Å². The lowest BCUT2D eigenvalue weighted by atomic mass is 10.0. The van der Waals surface area contributed by atoms with Gasteiger partial charge in [0.2, 0.25) is 0 Å². The predicted octanol–water partition coefficient (Wildman–Crippen LogP) is 0.849. The number of hydrogen-bond donors (Lipinski definition) is 2. The van der Waals surface area contributed by atoms with Gasteiger partial charge >= 0.3 is 5.97 Å². The van der Waals surface area contributed by atoms with E-state index in [4.69, 9.17) is 5.11 Å². The molecule has 2 N–H and O–H groups in total. The monoisotopic (exact) mass is 157 g/mol. The molecule has 3 heteroatoms. The Morgan fingerprint density at radius 3 is 2.91 bits per heavy atom. The highest BCUT2D eigenvalue weighted by Gasteiger charge is 2.28. The number of carbonyl (C=O) groups is 1. The minimum absolute atomic E-state index is 0.147. The molecule has 1 heterocycles. The molecule has 3 nitrogen and oxygen atoms in total. The molecule has 1 saturated heterocycles. The van der Waals surface area contributed by atoms with Crippen molar-refractivity contribution in [3.05, 3.63) is 0 Å². The van der Waals surface area contributed by atoms with E-state index in [1.165, 1.54) is 0 Å². The Hall–Kier alpha value is -0.570. The van der Waals surface area contributed by atoms with Crippen molar-refractivity contribution in [3.8, 4) is 0 Å². The third kappa shape index (κ3) is 2.19. The molecule has 64 valence electrons. The second-order valence-corrected chi connectivity index (χ2v) is 3.16. The summed E-state index contributed by atoms with van der Waals surface area (Å²) < 4.78 is 0. The van der Waals surface area contributed by atoms with Gasteiger partial charge < -0.3 is 10.4 Å². The van der Waals surface area contributed by atoms with E-state index in [0.717, 1.165) is 19.3 Å². The smallest absolute Gasteiger partial charge is 0.307 e. The summed E-state index contributed by atoms with van der Waals surface area (Å²) in [5, 5.41) is 11.9. The van der Waals surface area contributed by atoms with E-state index in [-0.39, 0.29) is 5.92 Å². The topological polar surface area (TPSA) is 49.3 Å². The third-order valence-corrected chi connectivity index (χ3v) is 2.21. The summed E-state index contributed by atoms with van der Waals surface area (Å²) in [5.74, 6) is -0.803. The van der Waals surface area contributed by atoms with Crippen molar-refractivity contribution in [3.63, 3.8) is 0 Å². The second kappa shape index (κ2) is 3.72. The summed E-state index contributed by atoms with van der Waals surface area (Å²) in [7, 11) is 0. The molecule has 0 radical (unpaired) electrons. The van der Waals surface area contributed by atoms with Crippen LogP contribution < -0.4 is 5.32 Å². The van der Waals surface area contributed by atoms with Crippen molar-refractivity contribution in [2.75, 3.05) is 6.54 Å². The van der Waals surface area contributed by atoms with E-state index in [0.29, 0.717) is 12.6 Å². The van der Waals surface area contributed by atoms with Crippen molar-refractivity contribution in [2.24, 2.45) is 5.92 Å². The zero-order valence-corrected chi connectivity index (χ0v) is 6.84. The van der Waals surface area contributed by atoms with Gasteiger partial charge in [-0.05, 0) is 12.8 Å². The van der Waals surface area contributed by atoms with E-state index in [9.17, 15) is 4.79 Å². The highest BCUT2D eigenvalue weighted by atomic mass is 16.4. The average molecular weight is 157 g/mol. The number of carboxylic acids is 1. The van der Waals surface area contributed by atoms with Crippen LogP contribution in [0.5, 0.6) is 0 Å². The molecule has 0 saturated carbocycles. The predicted molar refractivity (Wildman–Crippen MR) is 42.4 cm³/mol. The van der Waals surface area contributed by atoms with Crippen molar-refractivity contribution >= 4 is 5.97 Å². The molecular formula is C8H15NO2. The van der Waals surface area contributed by atoms with E-state index >= 15 is 0 Å². The zero-order chi connectivity index (χ0) is 8.27. The molecule has 0 aromatic heterocycles. The number of nitrogens with one attached hydrogen (secondary N) is 1. The molecule has 0 aliphatic carbocycles. The number of aliphatic carboxylic acids is 1. The molecule has 0 amide bonds. The summed E-state index contributed by atoms with van der Waals surface area (Å²) >= 11 is 0. The molecule has 11 heavy (non-hydrogen) atoms. The second-order valence-electron chi connectivity index (χ2n) is 3.16. The van der Waals surface area contributed by atoms with Gasteiger partial charge in [-0.1, -0.05) is 13.3 Å². The lowest BCUT2D eigenvalue weighted by molar-refractivity contribution is -0.141. The van der Waals surface area contributed by atoms with Gasteiger partial charge in [0.05, 0.1) is 5.92 Å². The van der Waals surface area contributed by atoms with Crippen LogP contribution in [-0.4, -0.2) is 23.7 Å². The molecule has 1 aliphatic heterocycles. The molecule has 0 aromatic carbocycles. The highest BCUT2D eigenvalue weighted by Crippen LogP contribution is 2.17. The third-order valence-electron chi connectivity index (χ3n) is 2.21. The lowest BCUT2D eigenvalue weighted by Gasteiger charge is -2.06. The first kappa shape index (κ1) is 8.53. The van der Waals surface area contributed by atoms with Crippen molar-refractivity contribution in [1.82, 2.24) is 5.32 Å². The quantitative estimate of drug-likeness (QED) is 0.638. The first-order valence-electron chi connectivity index (χ1n) is 4.20. The molecule has 1 aliphatic rings. The maximum atomic E-state index is 10.5. The minimum Gasteiger partial charge on any atom is -0.481 e. The summed E-state index contributed by atoms with van der Waals surface area (Å²) in [6.45, 7) is 2.77. The van der Waals surface area contributed by atoms with Crippen LogP contribution in [0.25, 0.3) is 0 Å². The molecule has 2 atom stereocenters. The fourth-order valence-electron chi connectivity index (χ4n) is 1.58. The van der Waals surface area contributed by atoms with E-state index < -0.39 is 5.97 Å². The van der Waals surface area contributed by atoms with E-state index in [1.54, 1.807) is 0 Å². The Balaban J connectivity index is 2.29. The van der Waals surface area contributed by atoms with Crippen LogP contribution in [0.3, 0.4) is 0 Å². The molecular weight excluding hydrogens is 142 g/mol. The van der Waals surface area contributed by atoms with Gasteiger partial charge in [-0.3, -0.25) is 4.79 Å². The van der Waals surface area contributed by atoms with Crippen LogP contribution in [-0.2, 0) is 4.79 Å². The maximum Gasteiger partial charge on any atom is 0.307 e. The normalized spacial score (nSPS) is 30.6. The Kier molecular flexibility index (Phi) is 2.88. The molecule has 0 bridgehead atoms. The average Bonchev–Trinajstić information content (AvgIpc) is 2.37. The standard InChI is InChI=1S/C8H15NO2/c1-2-3-7-4-6(5-9-7)8(10)11/h6-7,9H,2-5H2,1H3,(H,10,11). The maximum absolute atomic E-state index is 10.5. The Morgan fingerprint density at radius 1 is 1.73 bits per heavy atom. The van der Waals surface area contributed by atoms with Crippen LogP contribution in [0.4, 0.5) is 0 Å². The van der Waals surface area contributed by atoms with Crippen molar-refractivity contribution in [1.29, 1.82) is 0 Å². The minimum atomic E-state index is -0.656. The van der Waals surface area contributed by atoms with E-state index in [2.05, 4.69) is 12.2 Å². The van der Waals surface area contributed by atoms with Gasteiger partial charge in [-0.2, -0.15) is 0 Å². The van der Waals surface area contributed by atoms with E-state index in [1.807, 2.05) is 0 Å². The van der Waals surface area contributed by atoms with Crippen LogP contribution in [0, 0.1) is 5.92 Å². The zero-order valence-electron chi connectivity index (χ0n) is 6.84. The van der Waals surface area contributed by atoms with Gasteiger partial charge in [-0.15, -0.1) is 0 Å². The number of rotatable bonds is 3. The summed E-state index contributed by atoms with van der Waals surface area (Å²) in [5.41, 5.74) is 0. The van der Waals surface area contributed by atoms with Crippen molar-refractivity contribution < 1.29 is 9.90 Å². The fourth-order valence-corrected chi connectivity index (χ4v) is 1.58. The number of carboxylic acid groups (broad SMARTS) is 1. The number of hydrogen-bond acceptors (Lipinski definition) is 2. The Labute approximate surface area is 66.8 Å². The van der Waals surface area contributed by atoms with Crippen LogP contribution >= 0.6 is 0 Å². The van der Waals surface area contributed by atoms with Gasteiger partial charge in [0.1, 0.15) is 0 Å². The summed E-state index contributed by atoms with van der Waals surface area (Å²) in [6.07, 6.45) is 3.04. The molecule has 0 spiro atoms. The largest absolute Gasteiger partial charge is 0.481 e. The summed E-state index contributed by atoms with van der Waals surface area (Å²) in [6, 6.07) is 0.445. The highest BCUT2D eigenvalue weighted by molar-refractivity contribution is 5.70. The van der Waals surface area contributed by atoms with Gasteiger partial charge in [0, 0.05) is 12.6 Å². The molecule has 2 unspecified atom stereocenters. The van der Waals surface area contributed by atoms with Crippen molar-refractivity contribution in [2.45, 2.75) is 32.2 Å². The van der Waals surface area contributed by atoms with Gasteiger partial charge in [-0.25, -0.2) is 0 Å². The molecule has 0 aromatic rings. The Morgan fingerprint density at radius 2 is 2.45 bits per heavy atom. The summed E-state index contributed by atoms with van der Waals surface area (Å²) in [4.78, 5) is 10.5. The molecule has 1 rings (SSSR count). The van der Waals surface area contributed by atoms with Gasteiger partial charge in [0.15, 0.2) is 0 Å². The van der Waals surface area contributed by atoms with Crippen LogP contribution in [0.2, 0.25) is 0 Å². The van der Waals surface area contributed by atoms with Crippen LogP contribution in [0.1, 0.15) is 26.2 Å². The first-order valence-corrected chi connectivity index (χ1v) is 4.20. The Bertz CT molecular complexity index is 147. The SMILES string of the molecule is CCCC1CC(C(=O)O)CN1. The first-order chi connectivity index (χ1) is 5.24. The fraction of sp³-hybridized carbons (Fsp3) is 0.875. The van der Waals surface area contributed by atoms with Crippen LogP contribution in [0.15, 0.2) is 0 Å². The molecule has 1 fully saturated rings.